The van der Waals surface area contributed by atoms with Crippen LogP contribution in [-0.2, 0) is 4.74 Å². The fourth-order valence-corrected chi connectivity index (χ4v) is 1.46. The van der Waals surface area contributed by atoms with Gasteiger partial charge in [0.2, 0.25) is 5.95 Å². The van der Waals surface area contributed by atoms with Crippen molar-refractivity contribution in [3.05, 3.63) is 41.6 Å². The predicted octanol–water partition coefficient (Wildman–Crippen LogP) is 2.52. The van der Waals surface area contributed by atoms with Crippen LogP contribution in [0.5, 0.6) is 0 Å². The molecule has 0 aromatic carbocycles. The van der Waals surface area contributed by atoms with E-state index in [0.29, 0.717) is 17.5 Å². The maximum atomic E-state index is 5.69. The second-order valence-electron chi connectivity index (χ2n) is 3.35. The fraction of sp³-hybridized carbons (Fsp3) is 0.273. The van der Waals surface area contributed by atoms with Crippen LogP contribution in [0.3, 0.4) is 0 Å². The number of furan rings is 1. The minimum absolute atomic E-state index is 0.177. The van der Waals surface area contributed by atoms with Gasteiger partial charge in [-0.25, -0.2) is 9.97 Å². The van der Waals surface area contributed by atoms with Crippen molar-refractivity contribution in [1.82, 2.24) is 9.97 Å². The Hall–Kier alpha value is -1.59. The fourth-order valence-electron chi connectivity index (χ4n) is 1.36. The van der Waals surface area contributed by atoms with Crippen LogP contribution >= 0.6 is 11.6 Å². The summed E-state index contributed by atoms with van der Waals surface area (Å²) in [6.45, 7) is 0.519. The molecule has 2 rings (SSSR count). The lowest BCUT2D eigenvalue weighted by Crippen LogP contribution is -2.15. The highest BCUT2D eigenvalue weighted by Crippen LogP contribution is 2.17. The van der Waals surface area contributed by atoms with E-state index in [4.69, 9.17) is 20.8 Å². The summed E-state index contributed by atoms with van der Waals surface area (Å²) < 4.78 is 10.6. The van der Waals surface area contributed by atoms with E-state index in [1.54, 1.807) is 13.4 Å². The molecule has 0 aliphatic heterocycles. The van der Waals surface area contributed by atoms with Gasteiger partial charge in [-0.15, -0.1) is 0 Å². The summed E-state index contributed by atoms with van der Waals surface area (Å²) in [6.07, 6.45) is 4.50. The van der Waals surface area contributed by atoms with Gasteiger partial charge in [-0.1, -0.05) is 11.6 Å². The third kappa shape index (κ3) is 3.18. The molecule has 0 aliphatic carbocycles. The van der Waals surface area contributed by atoms with Crippen molar-refractivity contribution in [3.63, 3.8) is 0 Å². The number of rotatable bonds is 5. The van der Waals surface area contributed by atoms with Crippen LogP contribution in [-0.4, -0.2) is 23.6 Å². The summed E-state index contributed by atoms with van der Waals surface area (Å²) in [6, 6.07) is 3.68. The van der Waals surface area contributed by atoms with Gasteiger partial charge in [0, 0.05) is 7.11 Å². The predicted molar refractivity (Wildman–Crippen MR) is 64.0 cm³/mol. The van der Waals surface area contributed by atoms with E-state index < -0.39 is 0 Å². The molecule has 1 N–H and O–H groups in total. The molecule has 2 aromatic heterocycles. The molecule has 0 aliphatic rings. The zero-order chi connectivity index (χ0) is 12.1. The minimum atomic E-state index is -0.177. The third-order valence-corrected chi connectivity index (χ3v) is 2.41. The maximum Gasteiger partial charge on any atom is 0.222 e. The van der Waals surface area contributed by atoms with E-state index in [0.717, 1.165) is 5.76 Å². The van der Waals surface area contributed by atoms with Crippen molar-refractivity contribution in [2.45, 2.75) is 6.10 Å². The first kappa shape index (κ1) is 11.9. The Morgan fingerprint density at radius 2 is 2.24 bits per heavy atom. The molecule has 0 fully saturated rings. The van der Waals surface area contributed by atoms with Gasteiger partial charge in [0.15, 0.2) is 0 Å². The van der Waals surface area contributed by atoms with Crippen molar-refractivity contribution in [2.24, 2.45) is 0 Å². The second-order valence-corrected chi connectivity index (χ2v) is 3.78. The molecule has 0 saturated heterocycles. The quantitative estimate of drug-likeness (QED) is 0.887. The number of nitrogens with one attached hydrogen (secondary N) is 1. The molecule has 2 aromatic rings. The molecule has 0 radical (unpaired) electrons. The number of anilines is 1. The molecule has 90 valence electrons. The summed E-state index contributed by atoms with van der Waals surface area (Å²) >= 11 is 5.69. The zero-order valence-corrected chi connectivity index (χ0v) is 10.0. The summed E-state index contributed by atoms with van der Waals surface area (Å²) in [5.41, 5.74) is 0. The van der Waals surface area contributed by atoms with Crippen molar-refractivity contribution in [2.75, 3.05) is 19.0 Å². The molecule has 0 spiro atoms. The average molecular weight is 254 g/mol. The van der Waals surface area contributed by atoms with Crippen LogP contribution in [0.1, 0.15) is 11.9 Å². The van der Waals surface area contributed by atoms with Crippen molar-refractivity contribution in [3.8, 4) is 0 Å². The van der Waals surface area contributed by atoms with E-state index in [9.17, 15) is 0 Å². The number of halogens is 1. The Bertz CT molecular complexity index is 444. The monoisotopic (exact) mass is 253 g/mol. The third-order valence-electron chi connectivity index (χ3n) is 2.21. The van der Waals surface area contributed by atoms with Crippen molar-refractivity contribution >= 4 is 17.5 Å². The molecular formula is C11H12ClN3O2. The first-order chi connectivity index (χ1) is 8.29. The van der Waals surface area contributed by atoms with E-state index in [2.05, 4.69) is 15.3 Å². The van der Waals surface area contributed by atoms with Crippen LogP contribution in [0.25, 0.3) is 0 Å². The Morgan fingerprint density at radius 1 is 1.47 bits per heavy atom. The molecule has 17 heavy (non-hydrogen) atoms. The van der Waals surface area contributed by atoms with E-state index in [1.165, 1.54) is 12.4 Å². The lowest BCUT2D eigenvalue weighted by atomic mass is 10.3. The molecule has 2 heterocycles. The summed E-state index contributed by atoms with van der Waals surface area (Å²) in [5.74, 6) is 1.26. The van der Waals surface area contributed by atoms with Gasteiger partial charge in [-0.05, 0) is 12.1 Å². The molecule has 5 nitrogen and oxygen atoms in total. The molecule has 0 amide bonds. The highest BCUT2D eigenvalue weighted by molar-refractivity contribution is 6.30. The van der Waals surface area contributed by atoms with E-state index >= 15 is 0 Å². The van der Waals surface area contributed by atoms with E-state index in [1.807, 2.05) is 12.1 Å². The van der Waals surface area contributed by atoms with Gasteiger partial charge in [-0.2, -0.15) is 0 Å². The standard InChI is InChI=1S/C11H12ClN3O2/c1-16-10(9-3-2-4-17-9)7-15-11-13-5-8(12)6-14-11/h2-6,10H,7H2,1H3,(H,13,14,15). The van der Waals surface area contributed by atoms with Gasteiger partial charge in [0.05, 0.1) is 30.2 Å². The molecule has 0 bridgehead atoms. The molecular weight excluding hydrogens is 242 g/mol. The van der Waals surface area contributed by atoms with Crippen LogP contribution in [0.2, 0.25) is 5.02 Å². The van der Waals surface area contributed by atoms with Gasteiger partial charge in [-0.3, -0.25) is 0 Å². The number of ether oxygens (including phenoxy) is 1. The smallest absolute Gasteiger partial charge is 0.222 e. The summed E-state index contributed by atoms with van der Waals surface area (Å²) in [5, 5.41) is 3.55. The van der Waals surface area contributed by atoms with Crippen LogP contribution in [0.15, 0.2) is 35.2 Å². The summed E-state index contributed by atoms with van der Waals surface area (Å²) in [7, 11) is 1.62. The van der Waals surface area contributed by atoms with Crippen LogP contribution < -0.4 is 5.32 Å². The SMILES string of the molecule is COC(CNc1ncc(Cl)cn1)c1ccco1. The summed E-state index contributed by atoms with van der Waals surface area (Å²) in [4.78, 5) is 8.05. The highest BCUT2D eigenvalue weighted by Gasteiger charge is 2.13. The van der Waals surface area contributed by atoms with Crippen LogP contribution in [0.4, 0.5) is 5.95 Å². The van der Waals surface area contributed by atoms with Gasteiger partial charge in [0.25, 0.3) is 0 Å². The first-order valence-electron chi connectivity index (χ1n) is 5.07. The first-order valence-corrected chi connectivity index (χ1v) is 5.45. The van der Waals surface area contributed by atoms with Gasteiger partial charge >= 0.3 is 0 Å². The number of methoxy groups -OCH3 is 1. The Balaban J connectivity index is 1.94. The number of nitrogens with zero attached hydrogens (tertiary/aromatic N) is 2. The number of hydrogen-bond donors (Lipinski definition) is 1. The molecule has 1 unspecified atom stereocenters. The molecule has 1 atom stereocenters. The Kier molecular flexibility index (Phi) is 3.95. The minimum Gasteiger partial charge on any atom is -0.467 e. The topological polar surface area (TPSA) is 60.2 Å². The highest BCUT2D eigenvalue weighted by atomic mass is 35.5. The lowest BCUT2D eigenvalue weighted by Gasteiger charge is -2.13. The number of hydrogen-bond acceptors (Lipinski definition) is 5. The van der Waals surface area contributed by atoms with E-state index in [-0.39, 0.29) is 6.10 Å². The largest absolute Gasteiger partial charge is 0.467 e. The number of aromatic nitrogens is 2. The molecule has 6 heteroatoms. The normalized spacial score (nSPS) is 12.4. The zero-order valence-electron chi connectivity index (χ0n) is 9.26. The average Bonchev–Trinajstić information content (AvgIpc) is 2.86. The Morgan fingerprint density at radius 3 is 2.82 bits per heavy atom. The van der Waals surface area contributed by atoms with Crippen molar-refractivity contribution < 1.29 is 9.15 Å². The second kappa shape index (κ2) is 5.65. The van der Waals surface area contributed by atoms with Gasteiger partial charge in [0.1, 0.15) is 11.9 Å². The van der Waals surface area contributed by atoms with Crippen LogP contribution in [0, 0.1) is 0 Å². The lowest BCUT2D eigenvalue weighted by molar-refractivity contribution is 0.0942. The molecule has 0 saturated carbocycles. The maximum absolute atomic E-state index is 5.69. The van der Waals surface area contributed by atoms with Crippen molar-refractivity contribution in [1.29, 1.82) is 0 Å². The van der Waals surface area contributed by atoms with Gasteiger partial charge < -0.3 is 14.5 Å². The Labute approximate surface area is 104 Å².